The highest BCUT2D eigenvalue weighted by molar-refractivity contribution is 5.88. The van der Waals surface area contributed by atoms with Crippen LogP contribution in [-0.2, 0) is 11.2 Å². The van der Waals surface area contributed by atoms with E-state index < -0.39 is 11.5 Å². The van der Waals surface area contributed by atoms with Crippen LogP contribution in [0.3, 0.4) is 0 Å². The monoisotopic (exact) mass is 303 g/mol. The van der Waals surface area contributed by atoms with E-state index in [0.29, 0.717) is 17.7 Å². The van der Waals surface area contributed by atoms with Crippen LogP contribution in [-0.4, -0.2) is 40.8 Å². The highest BCUT2D eigenvalue weighted by Crippen LogP contribution is 2.13. The van der Waals surface area contributed by atoms with Gasteiger partial charge < -0.3 is 10.1 Å². The molecule has 0 aromatic carbocycles. The van der Waals surface area contributed by atoms with Crippen LogP contribution in [0.25, 0.3) is 5.65 Å². The van der Waals surface area contributed by atoms with Gasteiger partial charge in [0.1, 0.15) is 17.2 Å². The average molecular weight is 303 g/mol. The summed E-state index contributed by atoms with van der Waals surface area (Å²) in [5.74, 6) is -0.723. The lowest BCUT2D eigenvalue weighted by molar-refractivity contribution is 0.0523. The topological polar surface area (TPSA) is 112 Å². The van der Waals surface area contributed by atoms with E-state index >= 15 is 0 Å². The van der Waals surface area contributed by atoms with Crippen LogP contribution in [0.4, 0.5) is 0 Å². The van der Waals surface area contributed by atoms with Crippen LogP contribution >= 0.6 is 0 Å². The van der Waals surface area contributed by atoms with E-state index in [1.165, 1.54) is 0 Å². The Labute approximate surface area is 126 Å². The molecule has 0 saturated carbocycles. The minimum atomic E-state index is -0.723. The molecule has 0 atom stereocenters. The van der Waals surface area contributed by atoms with Crippen molar-refractivity contribution in [1.29, 1.82) is 5.26 Å². The average Bonchev–Trinajstić information content (AvgIpc) is 2.86. The molecule has 116 valence electrons. The number of rotatable bonds is 6. The SMILES string of the molecule is CCOC(=O)c1cnc2c(C#N)c(CCCNC)[nH]n2c1=O. The number of aryl methyl sites for hydroxylation is 1. The molecule has 0 aliphatic carbocycles. The summed E-state index contributed by atoms with van der Waals surface area (Å²) in [4.78, 5) is 28.1. The number of aromatic nitrogens is 3. The van der Waals surface area contributed by atoms with Gasteiger partial charge in [0, 0.05) is 6.20 Å². The van der Waals surface area contributed by atoms with Gasteiger partial charge >= 0.3 is 5.97 Å². The third-order valence-corrected chi connectivity index (χ3v) is 3.19. The number of fused-ring (bicyclic) bond motifs is 1. The lowest BCUT2D eigenvalue weighted by Gasteiger charge is -2.00. The van der Waals surface area contributed by atoms with Gasteiger partial charge in [-0.15, -0.1) is 0 Å². The highest BCUT2D eigenvalue weighted by atomic mass is 16.5. The fourth-order valence-electron chi connectivity index (χ4n) is 2.15. The molecule has 0 amide bonds. The number of esters is 1. The molecule has 0 spiro atoms. The number of nitrogens with zero attached hydrogens (tertiary/aromatic N) is 3. The van der Waals surface area contributed by atoms with Crippen molar-refractivity contribution < 1.29 is 9.53 Å². The molecule has 2 aromatic heterocycles. The molecule has 0 radical (unpaired) electrons. The Morgan fingerprint density at radius 1 is 1.59 bits per heavy atom. The molecule has 2 aromatic rings. The molecule has 0 aliphatic rings. The molecule has 2 N–H and O–H groups in total. The maximum Gasteiger partial charge on any atom is 0.345 e. The number of hydrogen-bond donors (Lipinski definition) is 2. The Kier molecular flexibility index (Phi) is 4.91. The van der Waals surface area contributed by atoms with E-state index in [1.807, 2.05) is 7.05 Å². The Balaban J connectivity index is 2.50. The number of nitrogens with one attached hydrogen (secondary N) is 2. The summed E-state index contributed by atoms with van der Waals surface area (Å²) in [6.07, 6.45) is 2.56. The van der Waals surface area contributed by atoms with Crippen molar-refractivity contribution in [3.8, 4) is 6.07 Å². The van der Waals surface area contributed by atoms with Crippen molar-refractivity contribution in [3.63, 3.8) is 0 Å². The first-order chi connectivity index (χ1) is 10.6. The molecular formula is C14H17N5O3. The molecule has 0 saturated heterocycles. The van der Waals surface area contributed by atoms with E-state index in [9.17, 15) is 14.9 Å². The normalized spacial score (nSPS) is 10.6. The van der Waals surface area contributed by atoms with Crippen LogP contribution in [0.5, 0.6) is 0 Å². The predicted molar refractivity (Wildman–Crippen MR) is 78.7 cm³/mol. The zero-order valence-corrected chi connectivity index (χ0v) is 12.5. The first kappa shape index (κ1) is 15.7. The number of hydrogen-bond acceptors (Lipinski definition) is 6. The van der Waals surface area contributed by atoms with E-state index in [0.717, 1.165) is 23.7 Å². The molecule has 0 bridgehead atoms. The molecule has 22 heavy (non-hydrogen) atoms. The van der Waals surface area contributed by atoms with Gasteiger partial charge in [-0.25, -0.2) is 9.78 Å². The van der Waals surface area contributed by atoms with Crippen molar-refractivity contribution in [2.75, 3.05) is 20.2 Å². The van der Waals surface area contributed by atoms with Crippen molar-refractivity contribution in [2.24, 2.45) is 0 Å². The Morgan fingerprint density at radius 2 is 2.36 bits per heavy atom. The number of ether oxygens (including phenoxy) is 1. The molecule has 2 heterocycles. The van der Waals surface area contributed by atoms with Gasteiger partial charge in [-0.2, -0.15) is 9.78 Å². The van der Waals surface area contributed by atoms with Crippen molar-refractivity contribution in [2.45, 2.75) is 19.8 Å². The summed E-state index contributed by atoms with van der Waals surface area (Å²) < 4.78 is 5.95. The lowest BCUT2D eigenvalue weighted by atomic mass is 10.1. The third kappa shape index (κ3) is 2.84. The van der Waals surface area contributed by atoms with Crippen molar-refractivity contribution in [3.05, 3.63) is 33.4 Å². The second-order valence-electron chi connectivity index (χ2n) is 4.64. The Hall–Kier alpha value is -2.66. The Bertz CT molecular complexity index is 784. The zero-order chi connectivity index (χ0) is 16.1. The quantitative estimate of drug-likeness (QED) is 0.583. The van der Waals surface area contributed by atoms with Gasteiger partial charge in [-0.1, -0.05) is 0 Å². The molecule has 8 heteroatoms. The first-order valence-corrected chi connectivity index (χ1v) is 6.98. The van der Waals surface area contributed by atoms with Gasteiger partial charge in [0.2, 0.25) is 0 Å². The maximum atomic E-state index is 12.3. The summed E-state index contributed by atoms with van der Waals surface area (Å²) >= 11 is 0. The number of carbonyl (C=O) groups is 1. The predicted octanol–water partition coefficient (Wildman–Crippen LogP) is 0.223. The summed E-state index contributed by atoms with van der Waals surface area (Å²) in [6, 6.07) is 2.06. The van der Waals surface area contributed by atoms with Crippen LogP contribution in [0.1, 0.15) is 35.0 Å². The minimum absolute atomic E-state index is 0.160. The van der Waals surface area contributed by atoms with Crippen molar-refractivity contribution in [1.82, 2.24) is 19.9 Å². The third-order valence-electron chi connectivity index (χ3n) is 3.19. The molecule has 2 rings (SSSR count). The number of H-pyrrole nitrogens is 1. The number of aromatic amines is 1. The van der Waals surface area contributed by atoms with Gasteiger partial charge in [0.05, 0.1) is 12.3 Å². The minimum Gasteiger partial charge on any atom is -0.462 e. The molecule has 0 aliphatic heterocycles. The van der Waals surface area contributed by atoms with Gasteiger partial charge in [-0.05, 0) is 33.4 Å². The van der Waals surface area contributed by atoms with E-state index in [-0.39, 0.29) is 17.8 Å². The largest absolute Gasteiger partial charge is 0.462 e. The summed E-state index contributed by atoms with van der Waals surface area (Å²) in [7, 11) is 1.84. The van der Waals surface area contributed by atoms with E-state index in [4.69, 9.17) is 4.74 Å². The standard InChI is InChI=1S/C14H17N5O3/c1-3-22-14(21)10-8-17-12-9(7-15)11(5-4-6-16-2)18-19(12)13(10)20/h8,16,18H,3-6H2,1-2H3. The molecule has 0 unspecified atom stereocenters. The summed E-state index contributed by atoms with van der Waals surface area (Å²) in [5, 5.41) is 15.2. The van der Waals surface area contributed by atoms with Crippen LogP contribution in [0.2, 0.25) is 0 Å². The maximum absolute atomic E-state index is 12.3. The second kappa shape index (κ2) is 6.87. The molecule has 0 fully saturated rings. The van der Waals surface area contributed by atoms with E-state index in [1.54, 1.807) is 6.92 Å². The smallest absolute Gasteiger partial charge is 0.345 e. The van der Waals surface area contributed by atoms with E-state index in [2.05, 4.69) is 21.5 Å². The fourth-order valence-corrected chi connectivity index (χ4v) is 2.15. The lowest BCUT2D eigenvalue weighted by Crippen LogP contribution is -2.24. The number of carbonyl (C=O) groups excluding carboxylic acids is 1. The van der Waals surface area contributed by atoms with Gasteiger partial charge in [-0.3, -0.25) is 9.89 Å². The highest BCUT2D eigenvalue weighted by Gasteiger charge is 2.19. The molecule has 8 nitrogen and oxygen atoms in total. The summed E-state index contributed by atoms with van der Waals surface area (Å²) in [6.45, 7) is 2.62. The van der Waals surface area contributed by atoms with Crippen LogP contribution < -0.4 is 10.9 Å². The zero-order valence-electron chi connectivity index (χ0n) is 12.5. The Morgan fingerprint density at radius 3 is 3.00 bits per heavy atom. The van der Waals surface area contributed by atoms with Crippen molar-refractivity contribution >= 4 is 11.6 Å². The van der Waals surface area contributed by atoms with Crippen LogP contribution in [0, 0.1) is 11.3 Å². The summed E-state index contributed by atoms with van der Waals surface area (Å²) in [5.41, 5.74) is 0.443. The second-order valence-corrected chi connectivity index (χ2v) is 4.64. The first-order valence-electron chi connectivity index (χ1n) is 6.98. The van der Waals surface area contributed by atoms with Gasteiger partial charge in [0.25, 0.3) is 5.56 Å². The van der Waals surface area contributed by atoms with Crippen LogP contribution in [0.15, 0.2) is 11.0 Å². The fraction of sp³-hybridized carbons (Fsp3) is 0.429. The van der Waals surface area contributed by atoms with Gasteiger partial charge in [0.15, 0.2) is 5.65 Å². The molecular weight excluding hydrogens is 286 g/mol. The number of nitriles is 1.